The molecule has 2 aromatic heterocycles. The number of aliphatic hydroxyl groups is 1. The average molecular weight is 370 g/mol. The number of nitrogens with zero attached hydrogens (tertiary/aromatic N) is 4. The van der Waals surface area contributed by atoms with Gasteiger partial charge in [-0.15, -0.1) is 0 Å². The van der Waals surface area contributed by atoms with Gasteiger partial charge in [-0.05, 0) is 33.3 Å². The summed E-state index contributed by atoms with van der Waals surface area (Å²) in [6, 6.07) is 5.37. The van der Waals surface area contributed by atoms with E-state index < -0.39 is 5.60 Å². The summed E-state index contributed by atoms with van der Waals surface area (Å²) >= 11 is 0. The van der Waals surface area contributed by atoms with E-state index in [0.717, 1.165) is 11.1 Å². The van der Waals surface area contributed by atoms with E-state index in [1.165, 1.54) is 0 Å². The van der Waals surface area contributed by atoms with Gasteiger partial charge in [-0.2, -0.15) is 9.97 Å². The summed E-state index contributed by atoms with van der Waals surface area (Å²) in [5.74, 6) is 1.23. The van der Waals surface area contributed by atoms with Crippen molar-refractivity contribution in [1.29, 1.82) is 0 Å². The maximum atomic E-state index is 10.2. The second kappa shape index (κ2) is 7.03. The monoisotopic (exact) mass is 370 g/mol. The number of anilines is 2. The molecule has 2 heterocycles. The number of phenolic OH excluding ortho intramolecular Hbond substituents is 1. The van der Waals surface area contributed by atoms with Crippen molar-refractivity contribution in [1.82, 2.24) is 19.5 Å². The van der Waals surface area contributed by atoms with E-state index in [1.54, 1.807) is 20.2 Å². The first-order valence-corrected chi connectivity index (χ1v) is 8.86. The lowest BCUT2D eigenvalue weighted by Crippen LogP contribution is -2.39. The highest BCUT2D eigenvalue weighted by molar-refractivity contribution is 5.84. The normalized spacial score (nSPS) is 13.0. The first-order valence-electron chi connectivity index (χ1n) is 8.86. The van der Waals surface area contributed by atoms with Crippen LogP contribution in [0.25, 0.3) is 11.2 Å². The Morgan fingerprint density at radius 3 is 2.70 bits per heavy atom. The molecule has 0 saturated carbocycles. The lowest BCUT2D eigenvalue weighted by molar-refractivity contribution is 0.0646. The summed E-state index contributed by atoms with van der Waals surface area (Å²) in [6.07, 6.45) is 1.68. The quantitative estimate of drug-likeness (QED) is 0.528. The number of para-hydroxylation sites is 1. The van der Waals surface area contributed by atoms with Crippen molar-refractivity contribution in [2.45, 2.75) is 45.9 Å². The zero-order chi connectivity index (χ0) is 19.8. The van der Waals surface area contributed by atoms with Crippen molar-refractivity contribution in [3.63, 3.8) is 0 Å². The Bertz CT molecular complexity index is 961. The number of nitrogens with one attached hydrogen (secondary N) is 2. The molecule has 0 radical (unpaired) electrons. The van der Waals surface area contributed by atoms with Crippen LogP contribution in [0.5, 0.6) is 5.75 Å². The maximum absolute atomic E-state index is 10.2. The third-order valence-electron chi connectivity index (χ3n) is 4.73. The van der Waals surface area contributed by atoms with Crippen LogP contribution < -0.4 is 10.6 Å². The van der Waals surface area contributed by atoms with Crippen molar-refractivity contribution < 1.29 is 10.2 Å². The SMILES string of the molecule is Cc1cccc(CNc2nc(NC(C)C(C)(C)O)nc3c2ncn3C)c1O. The van der Waals surface area contributed by atoms with E-state index >= 15 is 0 Å². The number of aromatic nitrogens is 4. The molecule has 0 fully saturated rings. The molecule has 8 heteroatoms. The fourth-order valence-corrected chi connectivity index (χ4v) is 2.61. The van der Waals surface area contributed by atoms with Crippen LogP contribution in [0.15, 0.2) is 24.5 Å². The van der Waals surface area contributed by atoms with Crippen LogP contribution in [0.4, 0.5) is 11.8 Å². The van der Waals surface area contributed by atoms with Crippen LogP contribution >= 0.6 is 0 Å². The van der Waals surface area contributed by atoms with E-state index in [9.17, 15) is 10.2 Å². The van der Waals surface area contributed by atoms with E-state index in [2.05, 4.69) is 25.6 Å². The van der Waals surface area contributed by atoms with Crippen LogP contribution in [0, 0.1) is 6.92 Å². The number of rotatable bonds is 6. The predicted octanol–water partition coefficient (Wildman–Crippen LogP) is 2.56. The molecule has 0 amide bonds. The summed E-state index contributed by atoms with van der Waals surface area (Å²) in [5.41, 5.74) is 1.99. The van der Waals surface area contributed by atoms with E-state index in [-0.39, 0.29) is 11.8 Å². The minimum absolute atomic E-state index is 0.253. The summed E-state index contributed by atoms with van der Waals surface area (Å²) in [5, 5.41) is 26.8. The number of aromatic hydroxyl groups is 1. The number of imidazole rings is 1. The molecule has 3 rings (SSSR count). The second-order valence-corrected chi connectivity index (χ2v) is 7.38. The minimum Gasteiger partial charge on any atom is -0.507 e. The lowest BCUT2D eigenvalue weighted by Gasteiger charge is -2.26. The number of hydrogen-bond donors (Lipinski definition) is 4. The Hall–Kier alpha value is -2.87. The summed E-state index contributed by atoms with van der Waals surface area (Å²) in [7, 11) is 1.86. The Balaban J connectivity index is 1.92. The molecular formula is C19H26N6O2. The molecule has 0 spiro atoms. The second-order valence-electron chi connectivity index (χ2n) is 7.38. The van der Waals surface area contributed by atoms with Gasteiger partial charge in [0, 0.05) is 19.2 Å². The lowest BCUT2D eigenvalue weighted by atomic mass is 10.0. The van der Waals surface area contributed by atoms with Crippen molar-refractivity contribution in [3.05, 3.63) is 35.7 Å². The molecule has 27 heavy (non-hydrogen) atoms. The molecule has 0 bridgehead atoms. The van der Waals surface area contributed by atoms with Gasteiger partial charge in [0.25, 0.3) is 0 Å². The molecule has 3 aromatic rings. The smallest absolute Gasteiger partial charge is 0.227 e. The maximum Gasteiger partial charge on any atom is 0.227 e. The molecular weight excluding hydrogens is 344 g/mol. The van der Waals surface area contributed by atoms with Gasteiger partial charge in [0.15, 0.2) is 17.0 Å². The van der Waals surface area contributed by atoms with Gasteiger partial charge in [0.05, 0.1) is 18.0 Å². The molecule has 4 N–H and O–H groups in total. The highest BCUT2D eigenvalue weighted by atomic mass is 16.3. The fraction of sp³-hybridized carbons (Fsp3) is 0.421. The Kier molecular flexibility index (Phi) is 4.93. The molecule has 0 saturated heterocycles. The van der Waals surface area contributed by atoms with Crippen molar-refractivity contribution >= 4 is 22.9 Å². The standard InChI is InChI=1S/C19H26N6O2/c1-11-7-6-8-13(15(11)26)9-20-16-14-17(25(5)10-21-14)24-18(23-16)22-12(2)19(3,4)27/h6-8,10,12,26-27H,9H2,1-5H3,(H2,20,22,23,24). The van der Waals surface area contributed by atoms with Gasteiger partial charge in [-0.25, -0.2) is 4.98 Å². The van der Waals surface area contributed by atoms with Crippen LogP contribution in [0.3, 0.4) is 0 Å². The van der Waals surface area contributed by atoms with Crippen LogP contribution in [-0.4, -0.2) is 41.4 Å². The van der Waals surface area contributed by atoms with Crippen molar-refractivity contribution in [2.75, 3.05) is 10.6 Å². The Labute approximate surface area is 158 Å². The molecule has 1 unspecified atom stereocenters. The summed E-state index contributed by atoms with van der Waals surface area (Å²) < 4.78 is 1.81. The number of phenols is 1. The van der Waals surface area contributed by atoms with Gasteiger partial charge >= 0.3 is 0 Å². The van der Waals surface area contributed by atoms with Gasteiger partial charge in [-0.1, -0.05) is 18.2 Å². The van der Waals surface area contributed by atoms with E-state index in [1.807, 2.05) is 43.7 Å². The fourth-order valence-electron chi connectivity index (χ4n) is 2.61. The van der Waals surface area contributed by atoms with Gasteiger partial charge in [-0.3, -0.25) is 0 Å². The number of aryl methyl sites for hydroxylation is 2. The molecule has 0 aliphatic heterocycles. The van der Waals surface area contributed by atoms with Gasteiger partial charge in [0.1, 0.15) is 5.75 Å². The van der Waals surface area contributed by atoms with Gasteiger partial charge < -0.3 is 25.4 Å². The first kappa shape index (κ1) is 18.9. The van der Waals surface area contributed by atoms with Crippen molar-refractivity contribution in [3.8, 4) is 5.75 Å². The molecule has 8 nitrogen and oxygen atoms in total. The molecule has 0 aliphatic carbocycles. The third kappa shape index (κ3) is 3.95. The highest BCUT2D eigenvalue weighted by Crippen LogP contribution is 2.25. The summed E-state index contributed by atoms with van der Waals surface area (Å²) in [6.45, 7) is 7.59. The van der Waals surface area contributed by atoms with Crippen LogP contribution in [0.1, 0.15) is 31.9 Å². The van der Waals surface area contributed by atoms with E-state index in [0.29, 0.717) is 29.5 Å². The molecule has 0 aliphatic rings. The van der Waals surface area contributed by atoms with Crippen LogP contribution in [-0.2, 0) is 13.6 Å². The van der Waals surface area contributed by atoms with Crippen molar-refractivity contribution in [2.24, 2.45) is 7.05 Å². The number of benzene rings is 1. The zero-order valence-corrected chi connectivity index (χ0v) is 16.3. The predicted molar refractivity (Wildman–Crippen MR) is 106 cm³/mol. The molecule has 144 valence electrons. The average Bonchev–Trinajstić information content (AvgIpc) is 2.96. The summed E-state index contributed by atoms with van der Waals surface area (Å²) in [4.78, 5) is 13.4. The first-order chi connectivity index (χ1) is 12.7. The largest absolute Gasteiger partial charge is 0.507 e. The number of fused-ring (bicyclic) bond motifs is 1. The minimum atomic E-state index is -0.925. The van der Waals surface area contributed by atoms with Gasteiger partial charge in [0.2, 0.25) is 5.95 Å². The Morgan fingerprint density at radius 1 is 1.26 bits per heavy atom. The third-order valence-corrected chi connectivity index (χ3v) is 4.73. The molecule has 1 aromatic carbocycles. The topological polar surface area (TPSA) is 108 Å². The van der Waals surface area contributed by atoms with E-state index in [4.69, 9.17) is 0 Å². The zero-order valence-electron chi connectivity index (χ0n) is 16.3. The highest BCUT2D eigenvalue weighted by Gasteiger charge is 2.23. The Morgan fingerprint density at radius 2 is 2.00 bits per heavy atom. The number of hydrogen-bond acceptors (Lipinski definition) is 7. The molecule has 1 atom stereocenters. The van der Waals surface area contributed by atoms with Crippen LogP contribution in [0.2, 0.25) is 0 Å².